The van der Waals surface area contributed by atoms with E-state index in [4.69, 9.17) is 0 Å². The van der Waals surface area contributed by atoms with E-state index in [1.165, 1.54) is 0 Å². The molecule has 0 aliphatic heterocycles. The maximum absolute atomic E-state index is 12.6. The second-order valence-electron chi connectivity index (χ2n) is 5.09. The molecule has 0 spiro atoms. The zero-order chi connectivity index (χ0) is 13.9. The van der Waals surface area contributed by atoms with Crippen molar-refractivity contribution < 1.29 is 8.42 Å². The second-order valence-corrected chi connectivity index (χ2v) is 8.23. The summed E-state index contributed by atoms with van der Waals surface area (Å²) in [5.74, 6) is 0. The van der Waals surface area contributed by atoms with Gasteiger partial charge in [0.15, 0.2) is 9.84 Å². The number of halogens is 1. The smallest absolute Gasteiger partial charge is 0.181 e. The Morgan fingerprint density at radius 1 is 1.37 bits per heavy atom. The van der Waals surface area contributed by atoms with Crippen molar-refractivity contribution >= 4 is 25.8 Å². The van der Waals surface area contributed by atoms with E-state index < -0.39 is 9.84 Å². The number of rotatable bonds is 5. The molecule has 2 unspecified atom stereocenters. The average Bonchev–Trinajstić information content (AvgIpc) is 2.86. The Morgan fingerprint density at radius 2 is 2.16 bits per heavy atom. The zero-order valence-corrected chi connectivity index (χ0v) is 13.5. The van der Waals surface area contributed by atoms with Crippen LogP contribution in [0.4, 0.5) is 0 Å². The lowest BCUT2D eigenvalue weighted by atomic mass is 10.2. The van der Waals surface area contributed by atoms with Crippen molar-refractivity contribution in [3.8, 4) is 0 Å². The molecule has 2 atom stereocenters. The molecule has 106 valence electrons. The van der Waals surface area contributed by atoms with E-state index in [-0.39, 0.29) is 5.25 Å². The summed E-state index contributed by atoms with van der Waals surface area (Å²) in [6.45, 7) is 3.09. The number of sulfone groups is 1. The van der Waals surface area contributed by atoms with Gasteiger partial charge in [-0.15, -0.1) is 0 Å². The highest BCUT2D eigenvalue weighted by atomic mass is 79.9. The van der Waals surface area contributed by atoms with Gasteiger partial charge in [-0.2, -0.15) is 0 Å². The standard InChI is InChI=1S/C14H20BrNO2S/c1-2-8-16-12-6-7-14(10-12)19(17,18)13-5-3-4-11(15)9-13/h3-5,9,12,14,16H,2,6-8,10H2,1H3. The van der Waals surface area contributed by atoms with Crippen molar-refractivity contribution in [1.82, 2.24) is 5.32 Å². The van der Waals surface area contributed by atoms with Crippen molar-refractivity contribution in [2.75, 3.05) is 6.54 Å². The van der Waals surface area contributed by atoms with Crippen LogP contribution >= 0.6 is 15.9 Å². The third-order valence-corrected chi connectivity index (χ3v) is 6.34. The molecular weight excluding hydrogens is 326 g/mol. The fraction of sp³-hybridized carbons (Fsp3) is 0.571. The summed E-state index contributed by atoms with van der Waals surface area (Å²) in [7, 11) is -3.19. The van der Waals surface area contributed by atoms with Gasteiger partial charge in [-0.05, 0) is 50.4 Å². The highest BCUT2D eigenvalue weighted by Crippen LogP contribution is 2.30. The first-order chi connectivity index (χ1) is 9.04. The Kier molecular flexibility index (Phi) is 5.03. The molecule has 0 amide bonds. The molecule has 19 heavy (non-hydrogen) atoms. The van der Waals surface area contributed by atoms with Gasteiger partial charge in [-0.3, -0.25) is 0 Å². The summed E-state index contributed by atoms with van der Waals surface area (Å²) in [4.78, 5) is 0.433. The molecule has 1 aliphatic rings. The molecule has 1 N–H and O–H groups in total. The van der Waals surface area contributed by atoms with E-state index in [0.717, 1.165) is 36.7 Å². The summed E-state index contributed by atoms with van der Waals surface area (Å²) in [6, 6.07) is 7.36. The van der Waals surface area contributed by atoms with Gasteiger partial charge in [0.2, 0.25) is 0 Å². The molecule has 0 radical (unpaired) electrons. The van der Waals surface area contributed by atoms with E-state index in [9.17, 15) is 8.42 Å². The molecule has 0 aromatic heterocycles. The van der Waals surface area contributed by atoms with Crippen molar-refractivity contribution in [1.29, 1.82) is 0 Å². The molecule has 2 rings (SSSR count). The summed E-state index contributed by atoms with van der Waals surface area (Å²) in [5.41, 5.74) is 0. The molecule has 3 nitrogen and oxygen atoms in total. The Morgan fingerprint density at radius 3 is 2.84 bits per heavy atom. The largest absolute Gasteiger partial charge is 0.314 e. The lowest BCUT2D eigenvalue weighted by molar-refractivity contribution is 0.520. The topological polar surface area (TPSA) is 46.2 Å². The van der Waals surface area contributed by atoms with Crippen LogP contribution < -0.4 is 5.32 Å². The first-order valence-corrected chi connectivity index (χ1v) is 9.11. The lowest BCUT2D eigenvalue weighted by Gasteiger charge is -2.14. The van der Waals surface area contributed by atoms with Crippen LogP contribution in [0.1, 0.15) is 32.6 Å². The number of nitrogens with one attached hydrogen (secondary N) is 1. The third kappa shape index (κ3) is 3.58. The third-order valence-electron chi connectivity index (χ3n) is 3.63. The van der Waals surface area contributed by atoms with Gasteiger partial charge >= 0.3 is 0 Å². The van der Waals surface area contributed by atoms with Crippen molar-refractivity contribution in [3.63, 3.8) is 0 Å². The molecule has 1 aliphatic carbocycles. The maximum Gasteiger partial charge on any atom is 0.181 e. The lowest BCUT2D eigenvalue weighted by Crippen LogP contribution is -2.29. The molecule has 0 saturated heterocycles. The second kappa shape index (κ2) is 6.37. The molecule has 0 bridgehead atoms. The van der Waals surface area contributed by atoms with Gasteiger partial charge in [0.25, 0.3) is 0 Å². The van der Waals surface area contributed by atoms with Crippen LogP contribution in [0, 0.1) is 0 Å². The molecule has 1 fully saturated rings. The van der Waals surface area contributed by atoms with Gasteiger partial charge in [0.05, 0.1) is 10.1 Å². The minimum Gasteiger partial charge on any atom is -0.314 e. The summed E-state index contributed by atoms with van der Waals surface area (Å²) in [5, 5.41) is 3.18. The number of hydrogen-bond donors (Lipinski definition) is 1. The van der Waals surface area contributed by atoms with E-state index >= 15 is 0 Å². The van der Waals surface area contributed by atoms with Crippen molar-refractivity contribution in [2.24, 2.45) is 0 Å². The average molecular weight is 346 g/mol. The number of hydrogen-bond acceptors (Lipinski definition) is 3. The monoisotopic (exact) mass is 345 g/mol. The minimum absolute atomic E-state index is 0.240. The molecule has 1 aromatic carbocycles. The first-order valence-electron chi connectivity index (χ1n) is 6.77. The summed E-state index contributed by atoms with van der Waals surface area (Å²) >= 11 is 3.33. The Balaban J connectivity index is 2.09. The molecular formula is C14H20BrNO2S. The zero-order valence-electron chi connectivity index (χ0n) is 11.1. The summed E-state index contributed by atoms with van der Waals surface area (Å²) in [6.07, 6.45) is 3.53. The van der Waals surface area contributed by atoms with Crippen LogP contribution in [0.15, 0.2) is 33.6 Å². The van der Waals surface area contributed by atoms with Crippen LogP contribution in [0.2, 0.25) is 0 Å². The Labute approximate surface area is 123 Å². The van der Waals surface area contributed by atoms with Crippen LogP contribution in [-0.4, -0.2) is 26.3 Å². The Bertz CT molecular complexity index is 530. The van der Waals surface area contributed by atoms with E-state index in [1.807, 2.05) is 6.07 Å². The highest BCUT2D eigenvalue weighted by Gasteiger charge is 2.34. The fourth-order valence-electron chi connectivity index (χ4n) is 2.59. The van der Waals surface area contributed by atoms with Crippen molar-refractivity contribution in [2.45, 2.75) is 48.8 Å². The van der Waals surface area contributed by atoms with Crippen LogP contribution in [0.5, 0.6) is 0 Å². The predicted octanol–water partition coefficient (Wildman–Crippen LogP) is 3.14. The van der Waals surface area contributed by atoms with Gasteiger partial charge in [-0.25, -0.2) is 8.42 Å². The fourth-order valence-corrected chi connectivity index (χ4v) is 5.02. The highest BCUT2D eigenvalue weighted by molar-refractivity contribution is 9.10. The molecule has 5 heteroatoms. The van der Waals surface area contributed by atoms with Gasteiger partial charge in [0, 0.05) is 10.5 Å². The van der Waals surface area contributed by atoms with E-state index in [0.29, 0.717) is 10.9 Å². The summed E-state index contributed by atoms with van der Waals surface area (Å²) < 4.78 is 25.9. The van der Waals surface area contributed by atoms with Gasteiger partial charge in [-0.1, -0.05) is 28.9 Å². The molecule has 1 aromatic rings. The van der Waals surface area contributed by atoms with Crippen LogP contribution in [-0.2, 0) is 9.84 Å². The minimum atomic E-state index is -3.19. The van der Waals surface area contributed by atoms with Gasteiger partial charge < -0.3 is 5.32 Å². The van der Waals surface area contributed by atoms with Crippen molar-refractivity contribution in [3.05, 3.63) is 28.7 Å². The van der Waals surface area contributed by atoms with Gasteiger partial charge in [0.1, 0.15) is 0 Å². The van der Waals surface area contributed by atoms with E-state index in [1.54, 1.807) is 18.2 Å². The van der Waals surface area contributed by atoms with E-state index in [2.05, 4.69) is 28.2 Å². The quantitative estimate of drug-likeness (QED) is 0.891. The SMILES string of the molecule is CCCNC1CCC(S(=O)(=O)c2cccc(Br)c2)C1. The number of benzene rings is 1. The first kappa shape index (κ1) is 15.0. The maximum atomic E-state index is 12.6. The normalized spacial score (nSPS) is 23.7. The van der Waals surface area contributed by atoms with Crippen LogP contribution in [0.25, 0.3) is 0 Å². The Hall–Kier alpha value is -0.390. The molecule has 0 heterocycles. The molecule has 1 saturated carbocycles. The van der Waals surface area contributed by atoms with Crippen LogP contribution in [0.3, 0.4) is 0 Å². The predicted molar refractivity (Wildman–Crippen MR) is 81.0 cm³/mol.